The van der Waals surface area contributed by atoms with E-state index in [0.717, 1.165) is 19.5 Å². The summed E-state index contributed by atoms with van der Waals surface area (Å²) in [7, 11) is 0. The van der Waals surface area contributed by atoms with Crippen LogP contribution in [-0.2, 0) is 4.79 Å². The summed E-state index contributed by atoms with van der Waals surface area (Å²) in [6.07, 6.45) is 1.61. The van der Waals surface area contributed by atoms with Gasteiger partial charge in [0.2, 0.25) is 0 Å². The third-order valence-electron chi connectivity index (χ3n) is 4.70. The largest absolute Gasteiger partial charge is 0.481 e. The predicted molar refractivity (Wildman–Crippen MR) is 71.8 cm³/mol. The van der Waals surface area contributed by atoms with Crippen LogP contribution in [0, 0.1) is 17.3 Å². The van der Waals surface area contributed by atoms with E-state index in [2.05, 4.69) is 13.8 Å². The van der Waals surface area contributed by atoms with Gasteiger partial charge in [-0.2, -0.15) is 0 Å². The first-order chi connectivity index (χ1) is 8.83. The molecule has 5 nitrogen and oxygen atoms in total. The summed E-state index contributed by atoms with van der Waals surface area (Å²) in [5.41, 5.74) is -0.771. The highest BCUT2D eigenvalue weighted by Crippen LogP contribution is 2.32. The second-order valence-corrected chi connectivity index (χ2v) is 6.56. The summed E-state index contributed by atoms with van der Waals surface area (Å²) >= 11 is 0. The molecule has 0 aromatic heterocycles. The van der Waals surface area contributed by atoms with E-state index in [1.807, 2.05) is 4.90 Å². The molecule has 2 aliphatic heterocycles. The number of urea groups is 1. The van der Waals surface area contributed by atoms with Gasteiger partial charge in [-0.15, -0.1) is 0 Å². The van der Waals surface area contributed by atoms with Crippen LogP contribution in [-0.4, -0.2) is 53.1 Å². The average Bonchev–Trinajstić information content (AvgIpc) is 2.95. The Morgan fingerprint density at radius 2 is 1.95 bits per heavy atom. The first kappa shape index (κ1) is 14.2. The van der Waals surface area contributed by atoms with Crippen LogP contribution in [0.4, 0.5) is 4.79 Å². The fourth-order valence-electron chi connectivity index (χ4n) is 3.00. The number of hydrogen-bond acceptors (Lipinski definition) is 2. The molecule has 2 saturated heterocycles. The van der Waals surface area contributed by atoms with Crippen LogP contribution < -0.4 is 0 Å². The molecule has 0 bridgehead atoms. The molecule has 2 aliphatic rings. The van der Waals surface area contributed by atoms with Crippen LogP contribution in [0.1, 0.15) is 33.6 Å². The molecule has 0 saturated carbocycles. The Bertz CT molecular complexity index is 383. The van der Waals surface area contributed by atoms with Crippen LogP contribution in [0.5, 0.6) is 0 Å². The van der Waals surface area contributed by atoms with Gasteiger partial charge in [0.25, 0.3) is 0 Å². The maximum Gasteiger partial charge on any atom is 0.320 e. The molecule has 0 aromatic carbocycles. The minimum absolute atomic E-state index is 0.0214. The summed E-state index contributed by atoms with van der Waals surface area (Å²) in [5, 5.41) is 9.20. The molecule has 2 amide bonds. The summed E-state index contributed by atoms with van der Waals surface area (Å²) in [6.45, 7) is 8.63. The number of carboxylic acid groups (broad SMARTS) is 1. The van der Waals surface area contributed by atoms with E-state index in [1.54, 1.807) is 11.8 Å². The Kier molecular flexibility index (Phi) is 3.74. The van der Waals surface area contributed by atoms with E-state index >= 15 is 0 Å². The predicted octanol–water partition coefficient (Wildman–Crippen LogP) is 1.88. The number of nitrogens with zero attached hydrogens (tertiary/aromatic N) is 2. The average molecular weight is 268 g/mol. The lowest BCUT2D eigenvalue weighted by molar-refractivity contribution is -0.147. The van der Waals surface area contributed by atoms with Crippen molar-refractivity contribution in [3.8, 4) is 0 Å². The number of amides is 2. The molecule has 19 heavy (non-hydrogen) atoms. The van der Waals surface area contributed by atoms with Gasteiger partial charge in [-0.05, 0) is 31.6 Å². The summed E-state index contributed by atoms with van der Waals surface area (Å²) in [5.74, 6) is 0.377. The highest BCUT2D eigenvalue weighted by molar-refractivity contribution is 5.79. The molecule has 108 valence electrons. The first-order valence-corrected chi connectivity index (χ1v) is 7.11. The standard InChI is InChI=1S/C14H24N2O3/c1-10(2)11-4-6-15(8-11)13(19)16-7-5-14(3,9-16)12(17)18/h10-11H,4-9H2,1-3H3,(H,17,18). The van der Waals surface area contributed by atoms with Gasteiger partial charge >= 0.3 is 12.0 Å². The van der Waals surface area contributed by atoms with E-state index in [0.29, 0.717) is 31.3 Å². The number of carbonyl (C=O) groups is 2. The Balaban J connectivity index is 1.94. The van der Waals surface area contributed by atoms with Crippen molar-refractivity contribution in [2.45, 2.75) is 33.6 Å². The third kappa shape index (κ3) is 2.69. The van der Waals surface area contributed by atoms with Crippen molar-refractivity contribution in [2.75, 3.05) is 26.2 Å². The zero-order chi connectivity index (χ0) is 14.2. The number of carboxylic acids is 1. The molecule has 5 heteroatoms. The Labute approximate surface area is 114 Å². The molecule has 2 fully saturated rings. The second-order valence-electron chi connectivity index (χ2n) is 6.56. The monoisotopic (exact) mass is 268 g/mol. The van der Waals surface area contributed by atoms with Gasteiger partial charge in [0.05, 0.1) is 5.41 Å². The van der Waals surface area contributed by atoms with Gasteiger partial charge in [-0.1, -0.05) is 13.8 Å². The second kappa shape index (κ2) is 5.02. The van der Waals surface area contributed by atoms with Crippen molar-refractivity contribution < 1.29 is 14.7 Å². The van der Waals surface area contributed by atoms with Gasteiger partial charge in [0.1, 0.15) is 0 Å². The van der Waals surface area contributed by atoms with Crippen molar-refractivity contribution in [3.05, 3.63) is 0 Å². The van der Waals surface area contributed by atoms with E-state index in [4.69, 9.17) is 0 Å². The molecular weight excluding hydrogens is 244 g/mol. The Hall–Kier alpha value is -1.26. The maximum atomic E-state index is 12.4. The first-order valence-electron chi connectivity index (χ1n) is 7.11. The van der Waals surface area contributed by atoms with Crippen LogP contribution in [0.2, 0.25) is 0 Å². The molecule has 2 atom stereocenters. The molecular formula is C14H24N2O3. The van der Waals surface area contributed by atoms with Gasteiger partial charge in [0, 0.05) is 26.2 Å². The highest BCUT2D eigenvalue weighted by Gasteiger charge is 2.43. The Morgan fingerprint density at radius 3 is 2.42 bits per heavy atom. The summed E-state index contributed by atoms with van der Waals surface area (Å²) in [6, 6.07) is 0.0214. The van der Waals surface area contributed by atoms with Crippen molar-refractivity contribution in [1.29, 1.82) is 0 Å². The molecule has 0 aliphatic carbocycles. The minimum atomic E-state index is -0.802. The normalized spacial score (nSPS) is 31.3. The van der Waals surface area contributed by atoms with Crippen molar-refractivity contribution >= 4 is 12.0 Å². The Morgan fingerprint density at radius 1 is 1.26 bits per heavy atom. The molecule has 0 aromatic rings. The van der Waals surface area contributed by atoms with E-state index in [1.165, 1.54) is 0 Å². The fraction of sp³-hybridized carbons (Fsp3) is 0.857. The highest BCUT2D eigenvalue weighted by atomic mass is 16.4. The molecule has 2 heterocycles. The smallest absolute Gasteiger partial charge is 0.320 e. The lowest BCUT2D eigenvalue weighted by atomic mass is 9.90. The zero-order valence-electron chi connectivity index (χ0n) is 12.1. The van der Waals surface area contributed by atoms with Crippen molar-refractivity contribution in [2.24, 2.45) is 17.3 Å². The number of likely N-dealkylation sites (tertiary alicyclic amines) is 2. The van der Waals surface area contributed by atoms with E-state index in [9.17, 15) is 14.7 Å². The molecule has 2 rings (SSSR count). The summed E-state index contributed by atoms with van der Waals surface area (Å²) < 4.78 is 0. The third-order valence-corrected chi connectivity index (χ3v) is 4.70. The zero-order valence-corrected chi connectivity index (χ0v) is 12.1. The topological polar surface area (TPSA) is 60.9 Å². The quantitative estimate of drug-likeness (QED) is 0.832. The molecule has 1 N–H and O–H groups in total. The van der Waals surface area contributed by atoms with Gasteiger partial charge in [-0.3, -0.25) is 4.79 Å². The maximum absolute atomic E-state index is 12.4. The van der Waals surface area contributed by atoms with Gasteiger partial charge < -0.3 is 14.9 Å². The number of aliphatic carboxylic acids is 1. The minimum Gasteiger partial charge on any atom is -0.481 e. The van der Waals surface area contributed by atoms with E-state index in [-0.39, 0.29) is 6.03 Å². The number of carbonyl (C=O) groups excluding carboxylic acids is 1. The SMILES string of the molecule is CC(C)C1CCN(C(=O)N2CCC(C)(C(=O)O)C2)C1. The molecule has 0 spiro atoms. The van der Waals surface area contributed by atoms with Crippen molar-refractivity contribution in [1.82, 2.24) is 9.80 Å². The molecule has 2 unspecified atom stereocenters. The lowest BCUT2D eigenvalue weighted by Gasteiger charge is -2.26. The van der Waals surface area contributed by atoms with E-state index < -0.39 is 11.4 Å². The fourth-order valence-corrected chi connectivity index (χ4v) is 3.00. The van der Waals surface area contributed by atoms with Crippen LogP contribution in [0.3, 0.4) is 0 Å². The number of hydrogen-bond donors (Lipinski definition) is 1. The van der Waals surface area contributed by atoms with Crippen LogP contribution >= 0.6 is 0 Å². The van der Waals surface area contributed by atoms with Crippen molar-refractivity contribution in [3.63, 3.8) is 0 Å². The number of rotatable bonds is 2. The van der Waals surface area contributed by atoms with Crippen LogP contribution in [0.25, 0.3) is 0 Å². The molecule has 0 radical (unpaired) electrons. The van der Waals surface area contributed by atoms with Gasteiger partial charge in [-0.25, -0.2) is 4.79 Å². The summed E-state index contributed by atoms with van der Waals surface area (Å²) in [4.78, 5) is 27.2. The van der Waals surface area contributed by atoms with Gasteiger partial charge in [0.15, 0.2) is 0 Å². The van der Waals surface area contributed by atoms with Crippen LogP contribution in [0.15, 0.2) is 0 Å². The lowest BCUT2D eigenvalue weighted by Crippen LogP contribution is -2.42.